The molecule has 1 heterocycles. The van der Waals surface area contributed by atoms with Crippen LogP contribution in [0.5, 0.6) is 0 Å². The highest BCUT2D eigenvalue weighted by molar-refractivity contribution is 6.87. The molecule has 2 unspecified atom stereocenters. The number of nitrogens with zero attached hydrogens (tertiary/aromatic N) is 2. The average molecular weight is 274 g/mol. The molecule has 2 saturated carbocycles. The van der Waals surface area contributed by atoms with Gasteiger partial charge in [-0.2, -0.15) is 0 Å². The fraction of sp³-hybridized carbons (Fsp3) is 1.00. The van der Waals surface area contributed by atoms with Crippen LogP contribution in [0.15, 0.2) is 0 Å². The zero-order valence-electron chi connectivity index (χ0n) is 13.9. The molecular formula is C16H32B2N2. The number of hydrogen-bond acceptors (Lipinski definition) is 2. The van der Waals surface area contributed by atoms with E-state index in [1.54, 1.807) is 6.42 Å². The van der Waals surface area contributed by atoms with Crippen LogP contribution in [-0.4, -0.2) is 56.5 Å². The van der Waals surface area contributed by atoms with Gasteiger partial charge in [0.05, 0.1) is 7.74 Å². The van der Waals surface area contributed by atoms with Crippen molar-refractivity contribution in [3.05, 3.63) is 0 Å². The highest BCUT2D eigenvalue weighted by atomic mass is 15.3. The molecule has 1 saturated heterocycles. The van der Waals surface area contributed by atoms with Crippen molar-refractivity contribution in [2.24, 2.45) is 17.8 Å². The minimum absolute atomic E-state index is 0.563. The number of fused-ring (bicyclic) bond motifs is 2. The minimum Gasteiger partial charge on any atom is -0.351 e. The Labute approximate surface area is 127 Å². The topological polar surface area (TPSA) is 6.48 Å². The zero-order valence-corrected chi connectivity index (χ0v) is 13.9. The Hall–Kier alpha value is 0.0499. The highest BCUT2D eigenvalue weighted by Crippen LogP contribution is 2.49. The Morgan fingerprint density at radius 1 is 1.05 bits per heavy atom. The van der Waals surface area contributed by atoms with E-state index in [2.05, 4.69) is 31.3 Å². The molecule has 2 atom stereocenters. The molecule has 0 aromatic rings. The molecule has 0 radical (unpaired) electrons. The quantitative estimate of drug-likeness (QED) is 0.720. The first-order chi connectivity index (χ1) is 9.65. The van der Waals surface area contributed by atoms with Crippen LogP contribution in [0.4, 0.5) is 0 Å². The van der Waals surface area contributed by atoms with Gasteiger partial charge in [-0.25, -0.2) is 0 Å². The van der Waals surface area contributed by atoms with Gasteiger partial charge < -0.3 is 4.81 Å². The van der Waals surface area contributed by atoms with Crippen molar-refractivity contribution in [1.82, 2.24) is 9.71 Å². The van der Waals surface area contributed by atoms with Crippen molar-refractivity contribution in [2.45, 2.75) is 57.9 Å². The monoisotopic (exact) mass is 274 g/mol. The molecule has 20 heavy (non-hydrogen) atoms. The minimum atomic E-state index is 0.563. The van der Waals surface area contributed by atoms with Gasteiger partial charge in [0.25, 0.3) is 0 Å². The van der Waals surface area contributed by atoms with Gasteiger partial charge in [-0.05, 0) is 69.4 Å². The molecule has 3 fully saturated rings. The van der Waals surface area contributed by atoms with Crippen LogP contribution in [0.25, 0.3) is 0 Å². The molecule has 3 aliphatic rings. The first-order valence-corrected chi connectivity index (χ1v) is 9.12. The van der Waals surface area contributed by atoms with E-state index in [9.17, 15) is 0 Å². The van der Waals surface area contributed by atoms with E-state index < -0.39 is 0 Å². The average Bonchev–Trinajstić information content (AvgIpc) is 2.46. The molecule has 3 rings (SSSR count). The normalized spacial score (nSPS) is 43.4. The summed E-state index contributed by atoms with van der Waals surface area (Å²) in [4.78, 5) is 5.51. The lowest BCUT2D eigenvalue weighted by Crippen LogP contribution is -2.60. The molecule has 2 aliphatic carbocycles. The molecule has 2 nitrogen and oxygen atoms in total. The number of rotatable bonds is 3. The molecule has 0 N–H and O–H groups in total. The maximum absolute atomic E-state index is 2.90. The van der Waals surface area contributed by atoms with Gasteiger partial charge in [-0.15, -0.1) is 0 Å². The Morgan fingerprint density at radius 2 is 1.65 bits per heavy atom. The van der Waals surface area contributed by atoms with Crippen molar-refractivity contribution >= 4 is 15.0 Å². The van der Waals surface area contributed by atoms with Crippen LogP contribution in [0.1, 0.15) is 52.4 Å². The van der Waals surface area contributed by atoms with Crippen molar-refractivity contribution in [1.29, 1.82) is 0 Å². The zero-order chi connectivity index (χ0) is 14.2. The fourth-order valence-corrected chi connectivity index (χ4v) is 5.70. The predicted octanol–water partition coefficient (Wildman–Crippen LogP) is 1.50. The summed E-state index contributed by atoms with van der Waals surface area (Å²) in [5.74, 6) is 3.05. The van der Waals surface area contributed by atoms with Gasteiger partial charge in [0, 0.05) is 18.6 Å². The van der Waals surface area contributed by atoms with Gasteiger partial charge in [0.15, 0.2) is 7.31 Å². The van der Waals surface area contributed by atoms with E-state index >= 15 is 0 Å². The molecule has 0 aromatic heterocycles. The lowest BCUT2D eigenvalue weighted by atomic mass is 9.60. The van der Waals surface area contributed by atoms with E-state index in [-0.39, 0.29) is 0 Å². The van der Waals surface area contributed by atoms with Crippen LogP contribution in [0, 0.1) is 17.8 Å². The van der Waals surface area contributed by atoms with E-state index in [1.165, 1.54) is 65.6 Å². The second kappa shape index (κ2) is 6.04. The summed E-state index contributed by atoms with van der Waals surface area (Å²) in [5, 5.41) is 0. The largest absolute Gasteiger partial charge is 0.351 e. The number of hydrogen-bond donors (Lipinski definition) is 0. The highest BCUT2D eigenvalue weighted by Gasteiger charge is 2.46. The SMILES string of the molecule is BBN1CCN(C2(CC)CC3CC(C)CC(C3)C2)CC1. The summed E-state index contributed by atoms with van der Waals surface area (Å²) >= 11 is 0. The molecule has 4 heteroatoms. The van der Waals surface area contributed by atoms with E-state index in [0.717, 1.165) is 17.8 Å². The third-order valence-electron chi connectivity index (χ3n) is 6.62. The maximum Gasteiger partial charge on any atom is 0.161 e. The third kappa shape index (κ3) is 2.83. The first kappa shape index (κ1) is 15.0. The summed E-state index contributed by atoms with van der Waals surface area (Å²) in [6.07, 6.45) is 8.93. The van der Waals surface area contributed by atoms with Crippen molar-refractivity contribution in [3.63, 3.8) is 0 Å². The van der Waals surface area contributed by atoms with Crippen molar-refractivity contribution in [2.75, 3.05) is 26.2 Å². The molecule has 2 bridgehead atoms. The summed E-state index contributed by atoms with van der Waals surface area (Å²) < 4.78 is 0. The molecule has 0 amide bonds. The third-order valence-corrected chi connectivity index (χ3v) is 6.62. The van der Waals surface area contributed by atoms with Gasteiger partial charge in [-0.1, -0.05) is 13.8 Å². The van der Waals surface area contributed by atoms with Gasteiger partial charge in [0.1, 0.15) is 0 Å². The van der Waals surface area contributed by atoms with E-state index in [1.807, 2.05) is 0 Å². The molecular weight excluding hydrogens is 242 g/mol. The molecule has 0 aromatic carbocycles. The fourth-order valence-electron chi connectivity index (χ4n) is 5.70. The van der Waals surface area contributed by atoms with Crippen LogP contribution in [0.3, 0.4) is 0 Å². The molecule has 0 spiro atoms. The maximum atomic E-state index is 2.90. The molecule has 1 aliphatic heterocycles. The standard InChI is InChI=1S/C16H32B2N2/c1-3-16(19-4-6-20(18-17)7-5-19)11-14-8-13(2)9-15(10-14)12-16/h13-15,18H,3-12,17H2,1-2H3. The summed E-state index contributed by atoms with van der Waals surface area (Å²) in [6, 6.07) is 0. The van der Waals surface area contributed by atoms with E-state index in [0.29, 0.717) is 5.54 Å². The van der Waals surface area contributed by atoms with Crippen LogP contribution >= 0.6 is 0 Å². The lowest BCUT2D eigenvalue weighted by molar-refractivity contribution is -0.0367. The van der Waals surface area contributed by atoms with Crippen molar-refractivity contribution in [3.8, 4) is 0 Å². The number of piperazine rings is 1. The van der Waals surface area contributed by atoms with Gasteiger partial charge >= 0.3 is 0 Å². The Morgan fingerprint density at radius 3 is 2.15 bits per heavy atom. The Kier molecular flexibility index (Phi) is 4.52. The van der Waals surface area contributed by atoms with Crippen molar-refractivity contribution < 1.29 is 0 Å². The van der Waals surface area contributed by atoms with Crippen LogP contribution in [0.2, 0.25) is 0 Å². The second-order valence-electron chi connectivity index (χ2n) is 7.95. The van der Waals surface area contributed by atoms with E-state index in [4.69, 9.17) is 0 Å². The summed E-state index contributed by atoms with van der Waals surface area (Å²) in [6.45, 7) is 10.2. The summed E-state index contributed by atoms with van der Waals surface area (Å²) in [7, 11) is 3.54. The second-order valence-corrected chi connectivity index (χ2v) is 7.95. The van der Waals surface area contributed by atoms with Gasteiger partial charge in [0.2, 0.25) is 0 Å². The smallest absolute Gasteiger partial charge is 0.161 e. The molecule has 112 valence electrons. The Bertz CT molecular complexity index is 310. The van der Waals surface area contributed by atoms with Gasteiger partial charge in [-0.3, -0.25) is 4.90 Å². The van der Waals surface area contributed by atoms with Crippen LogP contribution in [-0.2, 0) is 0 Å². The van der Waals surface area contributed by atoms with Crippen LogP contribution < -0.4 is 0 Å². The predicted molar refractivity (Wildman–Crippen MR) is 91.1 cm³/mol. The first-order valence-electron chi connectivity index (χ1n) is 9.12. The lowest BCUT2D eigenvalue weighted by Gasteiger charge is -2.55. The Balaban J connectivity index is 1.69. The summed E-state index contributed by atoms with van der Waals surface area (Å²) in [5.41, 5.74) is 0.563.